The number of hydrogen-bond acceptors (Lipinski definition) is 6. The van der Waals surface area contributed by atoms with Crippen molar-refractivity contribution in [1.29, 1.82) is 0 Å². The van der Waals surface area contributed by atoms with Gasteiger partial charge in [0.2, 0.25) is 5.91 Å². The topological polar surface area (TPSA) is 71.1 Å². The van der Waals surface area contributed by atoms with Crippen molar-refractivity contribution < 1.29 is 23.5 Å². The van der Waals surface area contributed by atoms with E-state index in [9.17, 15) is 14.0 Å². The third-order valence-corrected chi connectivity index (χ3v) is 4.88. The quantitative estimate of drug-likeness (QED) is 0.783. The molecule has 1 aromatic rings. The van der Waals surface area contributed by atoms with Crippen LogP contribution >= 0.6 is 21.7 Å². The lowest BCUT2D eigenvalue weighted by molar-refractivity contribution is -0.118. The lowest BCUT2D eigenvalue weighted by Crippen LogP contribution is -2.37. The number of nitrogens with zero attached hydrogens (tertiary/aromatic N) is 2. The Morgan fingerprint density at radius 2 is 2.15 bits per heavy atom. The number of benzene rings is 1. The van der Waals surface area contributed by atoms with Gasteiger partial charge >= 0.3 is 6.09 Å². The Morgan fingerprint density at radius 3 is 2.85 bits per heavy atom. The average molecular weight is 404 g/mol. The van der Waals surface area contributed by atoms with Gasteiger partial charge in [0.25, 0.3) is 0 Å². The molecule has 142 valence electrons. The second-order valence-corrected chi connectivity index (χ2v) is 7.07. The van der Waals surface area contributed by atoms with Crippen LogP contribution in [0.3, 0.4) is 0 Å². The molecule has 26 heavy (non-hydrogen) atoms. The predicted molar refractivity (Wildman–Crippen MR) is 98.4 cm³/mol. The van der Waals surface area contributed by atoms with Crippen LogP contribution in [-0.2, 0) is 14.3 Å². The van der Waals surface area contributed by atoms with E-state index in [4.69, 9.17) is 20.2 Å². The third-order valence-electron chi connectivity index (χ3n) is 4.18. The summed E-state index contributed by atoms with van der Waals surface area (Å²) in [5, 5.41) is 2.64. The first kappa shape index (κ1) is 19.1. The maximum atomic E-state index is 14.5. The van der Waals surface area contributed by atoms with Gasteiger partial charge in [0.15, 0.2) is 0 Å². The van der Waals surface area contributed by atoms with E-state index in [0.29, 0.717) is 37.7 Å². The molecule has 0 aliphatic carbocycles. The molecule has 0 saturated carbocycles. The molecule has 2 aliphatic rings. The summed E-state index contributed by atoms with van der Waals surface area (Å²) >= 11 is 0. The molecule has 1 unspecified atom stereocenters. The number of carbonyl (C=O) groups excluding carboxylic acids is 2. The van der Waals surface area contributed by atoms with Gasteiger partial charge in [-0.1, -0.05) is 0 Å². The number of morpholine rings is 1. The summed E-state index contributed by atoms with van der Waals surface area (Å²) in [6.07, 6.45) is -1.05. The van der Waals surface area contributed by atoms with Gasteiger partial charge in [-0.3, -0.25) is 9.69 Å². The molecule has 2 saturated heterocycles. The molecule has 0 bridgehead atoms. The molecule has 2 heterocycles. The summed E-state index contributed by atoms with van der Waals surface area (Å²) < 4.78 is 25.0. The fraction of sp³-hybridized carbons (Fsp3) is 0.500. The standard InChI is InChI=1S/C16H19ClFN3O4S/c17-26-10-15(22)19-8-12-9-21(16(23)25-12)11-1-2-14(13(18)7-11)20-3-5-24-6-4-20/h1-2,7,12H,3-6,8-10H2,(H,19,22). The Balaban J connectivity index is 1.62. The summed E-state index contributed by atoms with van der Waals surface area (Å²) in [6.45, 7) is 2.82. The highest BCUT2D eigenvalue weighted by molar-refractivity contribution is 8.21. The largest absolute Gasteiger partial charge is 0.442 e. The van der Waals surface area contributed by atoms with E-state index < -0.39 is 18.0 Å². The molecular weight excluding hydrogens is 385 g/mol. The highest BCUT2D eigenvalue weighted by Crippen LogP contribution is 2.28. The van der Waals surface area contributed by atoms with Gasteiger partial charge in [-0.25, -0.2) is 9.18 Å². The van der Waals surface area contributed by atoms with Crippen LogP contribution in [0, 0.1) is 5.82 Å². The lowest BCUT2D eigenvalue weighted by atomic mass is 10.2. The van der Waals surface area contributed by atoms with Crippen molar-refractivity contribution in [3.8, 4) is 0 Å². The number of amides is 2. The molecule has 0 radical (unpaired) electrons. The van der Waals surface area contributed by atoms with E-state index in [-0.39, 0.29) is 24.7 Å². The minimum Gasteiger partial charge on any atom is -0.442 e. The molecule has 0 spiro atoms. The number of ether oxygens (including phenoxy) is 2. The van der Waals surface area contributed by atoms with Crippen molar-refractivity contribution in [1.82, 2.24) is 5.32 Å². The van der Waals surface area contributed by atoms with E-state index in [2.05, 4.69) is 5.32 Å². The maximum absolute atomic E-state index is 14.5. The first-order chi connectivity index (χ1) is 12.6. The van der Waals surface area contributed by atoms with Gasteiger partial charge in [0, 0.05) is 13.1 Å². The molecule has 7 nitrogen and oxygen atoms in total. The molecule has 2 fully saturated rings. The number of rotatable bonds is 6. The van der Waals surface area contributed by atoms with Crippen LogP contribution in [0.4, 0.5) is 20.6 Å². The van der Waals surface area contributed by atoms with Crippen molar-refractivity contribution in [2.75, 3.05) is 54.9 Å². The fourth-order valence-corrected chi connectivity index (χ4v) is 3.39. The number of carbonyl (C=O) groups is 2. The second kappa shape index (κ2) is 8.79. The average Bonchev–Trinajstić information content (AvgIpc) is 3.02. The molecule has 2 aliphatic heterocycles. The summed E-state index contributed by atoms with van der Waals surface area (Å²) in [5.41, 5.74) is 0.918. The Hall–Kier alpha value is -1.71. The number of nitrogens with one attached hydrogen (secondary N) is 1. The van der Waals surface area contributed by atoms with E-state index in [1.165, 1.54) is 11.0 Å². The summed E-state index contributed by atoms with van der Waals surface area (Å²) in [5.74, 6) is -0.506. The molecular formula is C16H19ClFN3O4S. The van der Waals surface area contributed by atoms with E-state index in [1.54, 1.807) is 12.1 Å². The van der Waals surface area contributed by atoms with Gasteiger partial charge < -0.3 is 19.7 Å². The lowest BCUT2D eigenvalue weighted by Gasteiger charge is -2.29. The highest BCUT2D eigenvalue weighted by Gasteiger charge is 2.33. The Kier molecular flexibility index (Phi) is 6.44. The molecule has 10 heteroatoms. The number of anilines is 2. The normalized spacial score (nSPS) is 20.2. The van der Waals surface area contributed by atoms with Crippen LogP contribution in [0.2, 0.25) is 0 Å². The SMILES string of the molecule is O=C(CSCl)NCC1CN(c2ccc(N3CCOCC3)c(F)c2)C(=O)O1. The van der Waals surface area contributed by atoms with Crippen LogP contribution in [0.5, 0.6) is 0 Å². The molecule has 1 atom stereocenters. The molecule has 1 aromatic carbocycles. The molecule has 1 N–H and O–H groups in total. The minimum atomic E-state index is -0.561. The van der Waals surface area contributed by atoms with Crippen LogP contribution < -0.4 is 15.1 Å². The first-order valence-electron chi connectivity index (χ1n) is 8.19. The van der Waals surface area contributed by atoms with E-state index in [1.807, 2.05) is 4.90 Å². The Morgan fingerprint density at radius 1 is 1.38 bits per heavy atom. The van der Waals surface area contributed by atoms with Crippen LogP contribution in [0.15, 0.2) is 18.2 Å². The van der Waals surface area contributed by atoms with Crippen molar-refractivity contribution in [2.45, 2.75) is 6.10 Å². The molecule has 0 aromatic heterocycles. The van der Waals surface area contributed by atoms with Crippen molar-refractivity contribution in [2.24, 2.45) is 0 Å². The van der Waals surface area contributed by atoms with Gasteiger partial charge in [-0.2, -0.15) is 0 Å². The van der Waals surface area contributed by atoms with Crippen molar-refractivity contribution in [3.63, 3.8) is 0 Å². The Labute approximate surface area is 159 Å². The van der Waals surface area contributed by atoms with E-state index >= 15 is 0 Å². The maximum Gasteiger partial charge on any atom is 0.414 e. The highest BCUT2D eigenvalue weighted by atomic mass is 35.7. The van der Waals surface area contributed by atoms with Crippen molar-refractivity contribution >= 4 is 45.0 Å². The van der Waals surface area contributed by atoms with Gasteiger partial charge in [0.05, 0.1) is 43.4 Å². The third kappa shape index (κ3) is 4.52. The minimum absolute atomic E-state index is 0.125. The van der Waals surface area contributed by atoms with Crippen molar-refractivity contribution in [3.05, 3.63) is 24.0 Å². The smallest absolute Gasteiger partial charge is 0.414 e. The first-order valence-corrected chi connectivity index (χ1v) is 10.0. The Bertz CT molecular complexity index is 675. The zero-order valence-electron chi connectivity index (χ0n) is 14.0. The summed E-state index contributed by atoms with van der Waals surface area (Å²) in [7, 11) is 6.31. The predicted octanol–water partition coefficient (Wildman–Crippen LogP) is 1.99. The van der Waals surface area contributed by atoms with Crippen LogP contribution in [-0.4, -0.2) is 63.3 Å². The second-order valence-electron chi connectivity index (χ2n) is 5.91. The zero-order valence-corrected chi connectivity index (χ0v) is 15.5. The van der Waals surface area contributed by atoms with E-state index in [0.717, 1.165) is 11.0 Å². The number of halogens is 2. The number of hydrogen-bond donors (Lipinski definition) is 1. The van der Waals surface area contributed by atoms with Crippen LogP contribution in [0.25, 0.3) is 0 Å². The molecule has 3 rings (SSSR count). The summed E-state index contributed by atoms with van der Waals surface area (Å²) in [4.78, 5) is 26.8. The summed E-state index contributed by atoms with van der Waals surface area (Å²) in [6, 6.07) is 4.69. The fourth-order valence-electron chi connectivity index (χ4n) is 2.89. The molecule has 2 amide bonds. The number of cyclic esters (lactones) is 1. The zero-order chi connectivity index (χ0) is 18.5. The van der Waals surface area contributed by atoms with Gasteiger partial charge in [0.1, 0.15) is 11.9 Å². The van der Waals surface area contributed by atoms with Gasteiger partial charge in [-0.05, 0) is 39.9 Å². The van der Waals surface area contributed by atoms with Gasteiger partial charge in [-0.15, -0.1) is 0 Å². The monoisotopic (exact) mass is 403 g/mol. The van der Waals surface area contributed by atoms with Crippen LogP contribution in [0.1, 0.15) is 0 Å².